The molecular weight excluding hydrogens is 257 g/mol. The van der Waals surface area contributed by atoms with Crippen LogP contribution in [0.1, 0.15) is 5.56 Å². The zero-order valence-corrected chi connectivity index (χ0v) is 10.1. The molecule has 0 amide bonds. The highest BCUT2D eigenvalue weighted by Gasteiger charge is 2.07. The van der Waals surface area contributed by atoms with E-state index >= 15 is 0 Å². The van der Waals surface area contributed by atoms with Gasteiger partial charge in [0.05, 0.1) is 5.56 Å². The quantitative estimate of drug-likeness (QED) is 0.837. The summed E-state index contributed by atoms with van der Waals surface area (Å²) in [5.41, 5.74) is 1.67. The lowest BCUT2D eigenvalue weighted by Crippen LogP contribution is -1.82. The standard InChI is InChI=1S/C13H7Cl2NO/c14-10-3-4-12(15)11(6-10)8-1-2-9(7-16)13(17)5-8/h1-6,17H. The fourth-order valence-corrected chi connectivity index (χ4v) is 1.91. The van der Waals surface area contributed by atoms with Crippen LogP contribution in [0, 0.1) is 11.3 Å². The van der Waals surface area contributed by atoms with Crippen LogP contribution in [0.4, 0.5) is 0 Å². The van der Waals surface area contributed by atoms with Crippen LogP contribution in [0.3, 0.4) is 0 Å². The van der Waals surface area contributed by atoms with Crippen molar-refractivity contribution in [3.8, 4) is 22.9 Å². The van der Waals surface area contributed by atoms with Gasteiger partial charge in [0, 0.05) is 15.6 Å². The minimum Gasteiger partial charge on any atom is -0.507 e. The van der Waals surface area contributed by atoms with Gasteiger partial charge in [-0.15, -0.1) is 0 Å². The topological polar surface area (TPSA) is 44.0 Å². The second kappa shape index (κ2) is 4.67. The number of nitriles is 1. The van der Waals surface area contributed by atoms with E-state index in [4.69, 9.17) is 28.5 Å². The number of phenols is 1. The van der Waals surface area contributed by atoms with Crippen LogP contribution < -0.4 is 0 Å². The lowest BCUT2D eigenvalue weighted by Gasteiger charge is -2.06. The largest absolute Gasteiger partial charge is 0.507 e. The average molecular weight is 264 g/mol. The Hall–Kier alpha value is -1.69. The molecule has 0 bridgehead atoms. The van der Waals surface area contributed by atoms with Gasteiger partial charge in [0.15, 0.2) is 0 Å². The van der Waals surface area contributed by atoms with Crippen LogP contribution in [-0.4, -0.2) is 5.11 Å². The number of phenolic OH excluding ortho intramolecular Hbond substituents is 1. The molecule has 0 saturated heterocycles. The first kappa shape index (κ1) is 11.8. The molecule has 84 valence electrons. The minimum atomic E-state index is -0.0685. The third-order valence-corrected chi connectivity index (χ3v) is 2.92. The number of hydrogen-bond donors (Lipinski definition) is 1. The van der Waals surface area contributed by atoms with Crippen molar-refractivity contribution in [1.29, 1.82) is 5.26 Å². The van der Waals surface area contributed by atoms with E-state index < -0.39 is 0 Å². The molecule has 4 heteroatoms. The van der Waals surface area contributed by atoms with E-state index in [0.29, 0.717) is 15.6 Å². The van der Waals surface area contributed by atoms with Gasteiger partial charge in [-0.05, 0) is 35.9 Å². The maximum atomic E-state index is 9.61. The molecule has 0 heterocycles. The zero-order valence-electron chi connectivity index (χ0n) is 8.61. The van der Waals surface area contributed by atoms with Crippen LogP contribution in [-0.2, 0) is 0 Å². The third kappa shape index (κ3) is 2.36. The second-order valence-corrected chi connectivity index (χ2v) is 4.31. The highest BCUT2D eigenvalue weighted by Crippen LogP contribution is 2.33. The molecule has 2 aromatic carbocycles. The van der Waals surface area contributed by atoms with E-state index in [0.717, 1.165) is 5.56 Å². The molecule has 0 atom stereocenters. The predicted molar refractivity (Wildman–Crippen MR) is 68.3 cm³/mol. The molecule has 2 rings (SSSR count). The molecule has 0 unspecified atom stereocenters. The molecule has 0 aliphatic heterocycles. The molecule has 0 fully saturated rings. The van der Waals surface area contributed by atoms with Gasteiger partial charge in [-0.2, -0.15) is 5.26 Å². The Morgan fingerprint density at radius 1 is 1.06 bits per heavy atom. The Kier molecular flexibility index (Phi) is 3.23. The van der Waals surface area contributed by atoms with Crippen molar-refractivity contribution in [3.05, 3.63) is 52.0 Å². The molecule has 0 saturated carbocycles. The Labute approximate surface area is 109 Å². The molecular formula is C13H7Cl2NO. The van der Waals surface area contributed by atoms with E-state index in [2.05, 4.69) is 0 Å². The van der Waals surface area contributed by atoms with E-state index in [-0.39, 0.29) is 11.3 Å². The minimum absolute atomic E-state index is 0.0685. The summed E-state index contributed by atoms with van der Waals surface area (Å²) in [7, 11) is 0. The molecule has 0 aliphatic rings. The van der Waals surface area contributed by atoms with Gasteiger partial charge in [0.25, 0.3) is 0 Å². The first-order chi connectivity index (χ1) is 8.11. The number of rotatable bonds is 1. The lowest BCUT2D eigenvalue weighted by atomic mass is 10.0. The van der Waals surface area contributed by atoms with Crippen molar-refractivity contribution in [2.75, 3.05) is 0 Å². The summed E-state index contributed by atoms with van der Waals surface area (Å²) >= 11 is 11.9. The summed E-state index contributed by atoms with van der Waals surface area (Å²) < 4.78 is 0. The first-order valence-electron chi connectivity index (χ1n) is 4.80. The number of nitrogens with zero attached hydrogens (tertiary/aromatic N) is 1. The normalized spacial score (nSPS) is 9.94. The summed E-state index contributed by atoms with van der Waals surface area (Å²) in [6.45, 7) is 0. The maximum absolute atomic E-state index is 9.61. The highest BCUT2D eigenvalue weighted by atomic mass is 35.5. The average Bonchev–Trinajstić information content (AvgIpc) is 2.32. The summed E-state index contributed by atoms with van der Waals surface area (Å²) in [4.78, 5) is 0. The fourth-order valence-electron chi connectivity index (χ4n) is 1.51. The van der Waals surface area contributed by atoms with E-state index in [1.165, 1.54) is 6.07 Å². The van der Waals surface area contributed by atoms with E-state index in [1.807, 2.05) is 6.07 Å². The maximum Gasteiger partial charge on any atom is 0.133 e. The smallest absolute Gasteiger partial charge is 0.133 e. The van der Waals surface area contributed by atoms with Gasteiger partial charge >= 0.3 is 0 Å². The Balaban J connectivity index is 2.58. The SMILES string of the molecule is N#Cc1ccc(-c2cc(Cl)ccc2Cl)cc1O. The predicted octanol–water partition coefficient (Wildman–Crippen LogP) is 4.24. The van der Waals surface area contributed by atoms with Crippen LogP contribution in [0.2, 0.25) is 10.0 Å². The van der Waals surface area contributed by atoms with Crippen molar-refractivity contribution in [3.63, 3.8) is 0 Å². The highest BCUT2D eigenvalue weighted by molar-refractivity contribution is 6.35. The van der Waals surface area contributed by atoms with Crippen LogP contribution >= 0.6 is 23.2 Å². The Bertz CT molecular complexity index is 617. The molecule has 0 aromatic heterocycles. The van der Waals surface area contributed by atoms with Gasteiger partial charge in [-0.1, -0.05) is 29.3 Å². The zero-order chi connectivity index (χ0) is 12.4. The molecule has 0 spiro atoms. The summed E-state index contributed by atoms with van der Waals surface area (Å²) in [6, 6.07) is 11.7. The van der Waals surface area contributed by atoms with Gasteiger partial charge < -0.3 is 5.11 Å². The summed E-state index contributed by atoms with van der Waals surface area (Å²) in [6.07, 6.45) is 0. The molecule has 2 nitrogen and oxygen atoms in total. The lowest BCUT2D eigenvalue weighted by molar-refractivity contribution is 0.474. The number of aromatic hydroxyl groups is 1. The summed E-state index contributed by atoms with van der Waals surface area (Å²) in [5, 5.41) is 19.4. The van der Waals surface area contributed by atoms with E-state index in [1.54, 1.807) is 30.3 Å². The van der Waals surface area contributed by atoms with Crippen molar-refractivity contribution in [2.24, 2.45) is 0 Å². The number of benzene rings is 2. The van der Waals surface area contributed by atoms with Crippen LogP contribution in [0.15, 0.2) is 36.4 Å². The number of halogens is 2. The fraction of sp³-hybridized carbons (Fsp3) is 0. The molecule has 2 aromatic rings. The Morgan fingerprint density at radius 3 is 2.47 bits per heavy atom. The molecule has 0 radical (unpaired) electrons. The number of hydrogen-bond acceptors (Lipinski definition) is 2. The van der Waals surface area contributed by atoms with Gasteiger partial charge in [0.1, 0.15) is 11.8 Å². The molecule has 17 heavy (non-hydrogen) atoms. The second-order valence-electron chi connectivity index (χ2n) is 3.47. The molecule has 0 aliphatic carbocycles. The first-order valence-corrected chi connectivity index (χ1v) is 5.56. The summed E-state index contributed by atoms with van der Waals surface area (Å²) in [5.74, 6) is -0.0685. The van der Waals surface area contributed by atoms with Crippen LogP contribution in [0.25, 0.3) is 11.1 Å². The monoisotopic (exact) mass is 263 g/mol. The van der Waals surface area contributed by atoms with Gasteiger partial charge in [-0.3, -0.25) is 0 Å². The van der Waals surface area contributed by atoms with Gasteiger partial charge in [0.2, 0.25) is 0 Å². The van der Waals surface area contributed by atoms with Crippen molar-refractivity contribution < 1.29 is 5.11 Å². The van der Waals surface area contributed by atoms with Crippen molar-refractivity contribution in [2.45, 2.75) is 0 Å². The van der Waals surface area contributed by atoms with Gasteiger partial charge in [-0.25, -0.2) is 0 Å². The Morgan fingerprint density at radius 2 is 1.82 bits per heavy atom. The molecule has 1 N–H and O–H groups in total. The third-order valence-electron chi connectivity index (χ3n) is 2.36. The van der Waals surface area contributed by atoms with Crippen molar-refractivity contribution >= 4 is 23.2 Å². The van der Waals surface area contributed by atoms with Crippen LogP contribution in [0.5, 0.6) is 5.75 Å². The van der Waals surface area contributed by atoms with Crippen molar-refractivity contribution in [1.82, 2.24) is 0 Å². The van der Waals surface area contributed by atoms with E-state index in [9.17, 15) is 5.11 Å².